The molecule has 3 N–H and O–H groups in total. The first kappa shape index (κ1) is 15.6. The van der Waals surface area contributed by atoms with Crippen molar-refractivity contribution in [2.45, 2.75) is 18.7 Å². The van der Waals surface area contributed by atoms with Crippen molar-refractivity contribution in [3.63, 3.8) is 0 Å². The molecule has 0 heterocycles. The maximum Gasteiger partial charge on any atom is 0.249 e. The predicted octanol–water partition coefficient (Wildman–Crippen LogP) is 0.0968. The molecule has 106 valence electrons. The highest BCUT2D eigenvalue weighted by molar-refractivity contribution is 7.89. The minimum absolute atomic E-state index is 0.00204. The van der Waals surface area contributed by atoms with Gasteiger partial charge in [0.2, 0.25) is 15.9 Å². The quantitative estimate of drug-likeness (QED) is 0.774. The number of amides is 1. The average molecular weight is 286 g/mol. The first-order chi connectivity index (χ1) is 8.84. The summed E-state index contributed by atoms with van der Waals surface area (Å²) in [6.07, 6.45) is 0. The summed E-state index contributed by atoms with van der Waals surface area (Å²) < 4.78 is 25.7. The van der Waals surface area contributed by atoms with Crippen molar-refractivity contribution in [1.82, 2.24) is 4.31 Å². The van der Waals surface area contributed by atoms with Gasteiger partial charge in [-0.1, -0.05) is 13.0 Å². The Morgan fingerprint density at radius 2 is 2.05 bits per heavy atom. The molecule has 1 rings (SSSR count). The lowest BCUT2D eigenvalue weighted by Gasteiger charge is -2.19. The number of sulfonamides is 1. The molecule has 6 nitrogen and oxygen atoms in total. The van der Waals surface area contributed by atoms with Gasteiger partial charge in [-0.2, -0.15) is 4.31 Å². The van der Waals surface area contributed by atoms with E-state index in [1.807, 2.05) is 0 Å². The standard InChI is InChI=1S/C12H18N2O4S/c1-3-14(6-7-15)19(17,18)10-5-4-9(2)11(8-10)12(13)16/h4-5,8,15H,3,6-7H2,1-2H3,(H2,13,16). The molecule has 0 radical (unpaired) electrons. The number of carbonyl (C=O) groups is 1. The van der Waals surface area contributed by atoms with Crippen LogP contribution in [0.25, 0.3) is 0 Å². The summed E-state index contributed by atoms with van der Waals surface area (Å²) in [5, 5.41) is 8.88. The van der Waals surface area contributed by atoms with E-state index in [0.717, 1.165) is 4.31 Å². The Morgan fingerprint density at radius 3 is 2.53 bits per heavy atom. The lowest BCUT2D eigenvalue weighted by molar-refractivity contribution is 0.0999. The number of aliphatic hydroxyl groups is 1. The summed E-state index contributed by atoms with van der Waals surface area (Å²) in [6, 6.07) is 4.24. The molecular weight excluding hydrogens is 268 g/mol. The Balaban J connectivity index is 3.29. The number of aryl methyl sites for hydroxylation is 1. The van der Waals surface area contributed by atoms with Crippen LogP contribution < -0.4 is 5.73 Å². The Labute approximate surface area is 112 Å². The van der Waals surface area contributed by atoms with Gasteiger partial charge >= 0.3 is 0 Å². The van der Waals surface area contributed by atoms with Crippen LogP contribution in [0.5, 0.6) is 0 Å². The maximum atomic E-state index is 12.3. The van der Waals surface area contributed by atoms with E-state index in [4.69, 9.17) is 10.8 Å². The van der Waals surface area contributed by atoms with Gasteiger partial charge in [0, 0.05) is 18.7 Å². The molecule has 0 bridgehead atoms. The van der Waals surface area contributed by atoms with E-state index in [-0.39, 0.29) is 30.2 Å². The molecule has 0 aliphatic rings. The highest BCUT2D eigenvalue weighted by atomic mass is 32.2. The van der Waals surface area contributed by atoms with Gasteiger partial charge in [0.1, 0.15) is 0 Å². The number of primary amides is 1. The number of carbonyl (C=O) groups excluding carboxylic acids is 1. The number of likely N-dealkylation sites (N-methyl/N-ethyl adjacent to an activating group) is 1. The first-order valence-corrected chi connectivity index (χ1v) is 7.30. The molecular formula is C12H18N2O4S. The van der Waals surface area contributed by atoms with E-state index in [2.05, 4.69) is 0 Å². The van der Waals surface area contributed by atoms with Crippen LogP contribution >= 0.6 is 0 Å². The molecule has 7 heteroatoms. The molecule has 0 unspecified atom stereocenters. The van der Waals surface area contributed by atoms with Gasteiger partial charge in [0.05, 0.1) is 11.5 Å². The number of nitrogens with zero attached hydrogens (tertiary/aromatic N) is 1. The van der Waals surface area contributed by atoms with E-state index < -0.39 is 15.9 Å². The van der Waals surface area contributed by atoms with E-state index in [0.29, 0.717) is 5.56 Å². The Morgan fingerprint density at radius 1 is 1.42 bits per heavy atom. The van der Waals surface area contributed by atoms with Crippen molar-refractivity contribution in [1.29, 1.82) is 0 Å². The van der Waals surface area contributed by atoms with Crippen LogP contribution in [0.4, 0.5) is 0 Å². The zero-order valence-electron chi connectivity index (χ0n) is 11.0. The van der Waals surface area contributed by atoms with Crippen LogP contribution in [0.1, 0.15) is 22.8 Å². The van der Waals surface area contributed by atoms with Crippen molar-refractivity contribution in [2.24, 2.45) is 5.73 Å². The fourth-order valence-corrected chi connectivity index (χ4v) is 3.20. The smallest absolute Gasteiger partial charge is 0.249 e. The van der Waals surface area contributed by atoms with Crippen molar-refractivity contribution in [3.8, 4) is 0 Å². The van der Waals surface area contributed by atoms with Gasteiger partial charge in [0.25, 0.3) is 0 Å². The molecule has 1 aromatic rings. The number of nitrogens with two attached hydrogens (primary N) is 1. The minimum Gasteiger partial charge on any atom is -0.395 e. The largest absolute Gasteiger partial charge is 0.395 e. The second-order valence-electron chi connectivity index (χ2n) is 4.06. The van der Waals surface area contributed by atoms with Crippen molar-refractivity contribution < 1.29 is 18.3 Å². The van der Waals surface area contributed by atoms with Gasteiger partial charge in [-0.25, -0.2) is 8.42 Å². The van der Waals surface area contributed by atoms with Crippen LogP contribution in [0.2, 0.25) is 0 Å². The third-order valence-electron chi connectivity index (χ3n) is 2.81. The number of hydrogen-bond acceptors (Lipinski definition) is 4. The summed E-state index contributed by atoms with van der Waals surface area (Å²) in [6.45, 7) is 3.35. The maximum absolute atomic E-state index is 12.3. The lowest BCUT2D eigenvalue weighted by atomic mass is 10.1. The van der Waals surface area contributed by atoms with Crippen LogP contribution in [0, 0.1) is 6.92 Å². The summed E-state index contributed by atoms with van der Waals surface area (Å²) >= 11 is 0. The third kappa shape index (κ3) is 3.31. The number of hydrogen-bond donors (Lipinski definition) is 2. The van der Waals surface area contributed by atoms with Gasteiger partial charge in [-0.3, -0.25) is 4.79 Å². The second kappa shape index (κ2) is 6.14. The molecule has 0 saturated heterocycles. The van der Waals surface area contributed by atoms with Crippen LogP contribution in [-0.4, -0.2) is 43.4 Å². The Kier molecular flexibility index (Phi) is 5.04. The molecule has 19 heavy (non-hydrogen) atoms. The summed E-state index contributed by atoms with van der Waals surface area (Å²) in [5.74, 6) is -0.667. The zero-order valence-corrected chi connectivity index (χ0v) is 11.8. The number of benzene rings is 1. The normalized spacial score (nSPS) is 11.8. The highest BCUT2D eigenvalue weighted by Gasteiger charge is 2.23. The molecule has 0 aliphatic heterocycles. The number of rotatable bonds is 6. The molecule has 1 aromatic carbocycles. The third-order valence-corrected chi connectivity index (χ3v) is 4.78. The molecule has 0 fully saturated rings. The van der Waals surface area contributed by atoms with E-state index in [1.54, 1.807) is 19.9 Å². The molecule has 0 atom stereocenters. The van der Waals surface area contributed by atoms with Gasteiger partial charge in [0.15, 0.2) is 0 Å². The molecule has 0 saturated carbocycles. The van der Waals surface area contributed by atoms with E-state index in [9.17, 15) is 13.2 Å². The van der Waals surface area contributed by atoms with Crippen molar-refractivity contribution in [3.05, 3.63) is 29.3 Å². The van der Waals surface area contributed by atoms with E-state index in [1.165, 1.54) is 12.1 Å². The topological polar surface area (TPSA) is 101 Å². The minimum atomic E-state index is -3.72. The monoisotopic (exact) mass is 286 g/mol. The van der Waals surface area contributed by atoms with Crippen molar-refractivity contribution >= 4 is 15.9 Å². The Bertz CT molecular complexity index is 569. The molecule has 0 spiro atoms. The van der Waals surface area contributed by atoms with Crippen molar-refractivity contribution in [2.75, 3.05) is 19.7 Å². The summed E-state index contributed by atoms with van der Waals surface area (Å²) in [4.78, 5) is 11.2. The predicted molar refractivity (Wildman–Crippen MR) is 71.2 cm³/mol. The molecule has 0 aromatic heterocycles. The summed E-state index contributed by atoms with van der Waals surface area (Å²) in [7, 11) is -3.72. The lowest BCUT2D eigenvalue weighted by Crippen LogP contribution is -2.33. The van der Waals surface area contributed by atoms with Crippen LogP contribution in [0.3, 0.4) is 0 Å². The highest BCUT2D eigenvalue weighted by Crippen LogP contribution is 2.19. The SMILES string of the molecule is CCN(CCO)S(=O)(=O)c1ccc(C)c(C(N)=O)c1. The first-order valence-electron chi connectivity index (χ1n) is 5.86. The zero-order chi connectivity index (χ0) is 14.6. The summed E-state index contributed by atoms with van der Waals surface area (Å²) in [5.41, 5.74) is 6.01. The average Bonchev–Trinajstić information content (AvgIpc) is 2.35. The van der Waals surface area contributed by atoms with Gasteiger partial charge in [-0.15, -0.1) is 0 Å². The van der Waals surface area contributed by atoms with Gasteiger partial charge in [-0.05, 0) is 24.6 Å². The second-order valence-corrected chi connectivity index (χ2v) is 6.00. The fourth-order valence-electron chi connectivity index (χ4n) is 1.74. The van der Waals surface area contributed by atoms with Gasteiger partial charge < -0.3 is 10.8 Å². The van der Waals surface area contributed by atoms with E-state index >= 15 is 0 Å². The molecule has 1 amide bonds. The number of aliphatic hydroxyl groups excluding tert-OH is 1. The van der Waals surface area contributed by atoms with Crippen LogP contribution in [-0.2, 0) is 10.0 Å². The molecule has 0 aliphatic carbocycles. The Hall–Kier alpha value is -1.44. The van der Waals surface area contributed by atoms with Crippen LogP contribution in [0.15, 0.2) is 23.1 Å². The fraction of sp³-hybridized carbons (Fsp3) is 0.417.